The highest BCUT2D eigenvalue weighted by Crippen LogP contribution is 2.33. The number of thiophene rings is 1. The van der Waals surface area contributed by atoms with Crippen LogP contribution in [0.3, 0.4) is 0 Å². The van der Waals surface area contributed by atoms with Crippen molar-refractivity contribution in [2.75, 3.05) is 12.8 Å². The van der Waals surface area contributed by atoms with E-state index in [-0.39, 0.29) is 24.2 Å². The molecular weight excluding hydrogens is 382 g/mol. The minimum absolute atomic E-state index is 0.0164. The van der Waals surface area contributed by atoms with Crippen LogP contribution in [0.1, 0.15) is 29.2 Å². The lowest BCUT2D eigenvalue weighted by Gasteiger charge is -2.34. The fourth-order valence-electron chi connectivity index (χ4n) is 3.72. The highest BCUT2D eigenvalue weighted by molar-refractivity contribution is 7.89. The van der Waals surface area contributed by atoms with E-state index in [9.17, 15) is 13.2 Å². The van der Waals surface area contributed by atoms with Gasteiger partial charge in [0.2, 0.25) is 5.91 Å². The number of para-hydroxylation sites is 2. The average molecular weight is 404 g/mol. The van der Waals surface area contributed by atoms with E-state index in [1.54, 1.807) is 15.9 Å². The van der Waals surface area contributed by atoms with Crippen molar-refractivity contribution in [1.29, 1.82) is 0 Å². The monoisotopic (exact) mass is 403 g/mol. The third-order valence-corrected chi connectivity index (χ3v) is 6.79. The van der Waals surface area contributed by atoms with E-state index < -0.39 is 9.84 Å². The van der Waals surface area contributed by atoms with Crippen molar-refractivity contribution < 1.29 is 13.2 Å². The van der Waals surface area contributed by atoms with E-state index in [4.69, 9.17) is 0 Å². The lowest BCUT2D eigenvalue weighted by Crippen LogP contribution is -2.40. The van der Waals surface area contributed by atoms with Gasteiger partial charge in [0.1, 0.15) is 18.1 Å². The molecule has 0 saturated carbocycles. The summed E-state index contributed by atoms with van der Waals surface area (Å²) in [5.74, 6) is 0.212. The molecule has 0 fully saturated rings. The molecule has 0 N–H and O–H groups in total. The fourth-order valence-corrected chi connectivity index (χ4v) is 5.37. The van der Waals surface area contributed by atoms with Crippen molar-refractivity contribution in [3.8, 4) is 0 Å². The normalized spacial score (nSPS) is 17.3. The van der Waals surface area contributed by atoms with E-state index >= 15 is 0 Å². The van der Waals surface area contributed by atoms with Crippen molar-refractivity contribution in [3.63, 3.8) is 0 Å². The number of amides is 1. The largest absolute Gasteiger partial charge is 0.334 e. The van der Waals surface area contributed by atoms with Gasteiger partial charge in [-0.1, -0.05) is 12.1 Å². The van der Waals surface area contributed by atoms with Gasteiger partial charge in [-0.15, -0.1) is 11.3 Å². The Balaban J connectivity index is 1.67. The number of aromatic nitrogens is 2. The summed E-state index contributed by atoms with van der Waals surface area (Å²) in [6, 6.07) is 9.56. The predicted molar refractivity (Wildman–Crippen MR) is 106 cm³/mol. The highest BCUT2D eigenvalue weighted by atomic mass is 32.2. The predicted octanol–water partition coefficient (Wildman–Crippen LogP) is 2.79. The van der Waals surface area contributed by atoms with Crippen LogP contribution in [0.2, 0.25) is 0 Å². The summed E-state index contributed by atoms with van der Waals surface area (Å²) in [6.45, 7) is 2.82. The Morgan fingerprint density at radius 3 is 2.85 bits per heavy atom. The summed E-state index contributed by atoms with van der Waals surface area (Å²) in [5, 5.41) is 2.07. The number of rotatable bonds is 4. The van der Waals surface area contributed by atoms with Crippen molar-refractivity contribution in [2.45, 2.75) is 31.7 Å². The molecule has 0 radical (unpaired) electrons. The molecular formula is C19H21N3O3S2. The molecule has 8 heteroatoms. The molecule has 6 nitrogen and oxygen atoms in total. The Morgan fingerprint density at radius 1 is 1.30 bits per heavy atom. The lowest BCUT2D eigenvalue weighted by molar-refractivity contribution is -0.134. The summed E-state index contributed by atoms with van der Waals surface area (Å²) < 4.78 is 25.4. The van der Waals surface area contributed by atoms with Crippen LogP contribution in [-0.2, 0) is 33.4 Å². The molecule has 0 aliphatic carbocycles. The Labute approximate surface area is 162 Å². The van der Waals surface area contributed by atoms with Gasteiger partial charge in [0.05, 0.1) is 17.1 Å². The molecule has 142 valence electrons. The van der Waals surface area contributed by atoms with Crippen molar-refractivity contribution in [1.82, 2.24) is 14.5 Å². The van der Waals surface area contributed by atoms with E-state index in [1.807, 2.05) is 36.1 Å². The first-order chi connectivity index (χ1) is 12.8. The second-order valence-electron chi connectivity index (χ2n) is 6.99. The average Bonchev–Trinajstić information content (AvgIpc) is 3.20. The minimum atomic E-state index is -3.26. The zero-order valence-corrected chi connectivity index (χ0v) is 16.9. The first-order valence-electron chi connectivity index (χ1n) is 8.81. The number of fused-ring (bicyclic) bond motifs is 2. The van der Waals surface area contributed by atoms with Gasteiger partial charge in [-0.25, -0.2) is 13.4 Å². The molecule has 3 aromatic rings. The SMILES string of the molecule is CC1c2ccsc2CCN1C(=O)Cn1c(CS(C)(=O)=O)nc2ccccc21. The highest BCUT2D eigenvalue weighted by Gasteiger charge is 2.29. The van der Waals surface area contributed by atoms with E-state index in [0.29, 0.717) is 17.9 Å². The number of nitrogens with zero attached hydrogens (tertiary/aromatic N) is 3. The molecule has 0 saturated heterocycles. The Morgan fingerprint density at radius 2 is 2.07 bits per heavy atom. The first-order valence-corrected chi connectivity index (χ1v) is 11.7. The van der Waals surface area contributed by atoms with Crippen LogP contribution in [0.5, 0.6) is 0 Å². The zero-order chi connectivity index (χ0) is 19.2. The molecule has 1 atom stereocenters. The summed E-state index contributed by atoms with van der Waals surface area (Å²) in [6.07, 6.45) is 2.05. The third-order valence-electron chi connectivity index (χ3n) is 5.02. The van der Waals surface area contributed by atoms with Crippen LogP contribution in [0.25, 0.3) is 11.0 Å². The first kappa shape index (κ1) is 18.2. The maximum absolute atomic E-state index is 13.1. The minimum Gasteiger partial charge on any atom is -0.334 e. The van der Waals surface area contributed by atoms with Crippen LogP contribution in [0.4, 0.5) is 0 Å². The van der Waals surface area contributed by atoms with Gasteiger partial charge in [-0.2, -0.15) is 0 Å². The maximum Gasteiger partial charge on any atom is 0.243 e. The molecule has 1 unspecified atom stereocenters. The standard InChI is InChI=1S/C19H21N3O3S2/c1-13-14-8-10-26-17(14)7-9-21(13)19(23)11-22-16-6-4-3-5-15(16)20-18(22)12-27(2,24)25/h3-6,8,10,13H,7,9,11-12H2,1-2H3. The number of hydrogen-bond donors (Lipinski definition) is 0. The number of sulfone groups is 1. The van der Waals surface area contributed by atoms with Gasteiger partial charge in [0.15, 0.2) is 9.84 Å². The number of carbonyl (C=O) groups is 1. The lowest BCUT2D eigenvalue weighted by atomic mass is 10.0. The number of hydrogen-bond acceptors (Lipinski definition) is 5. The molecule has 1 aliphatic rings. The fraction of sp³-hybridized carbons (Fsp3) is 0.368. The second kappa shape index (κ2) is 6.76. The molecule has 1 aromatic carbocycles. The summed E-state index contributed by atoms with van der Waals surface area (Å²) in [5.41, 5.74) is 2.70. The maximum atomic E-state index is 13.1. The number of imidazole rings is 1. The zero-order valence-electron chi connectivity index (χ0n) is 15.3. The van der Waals surface area contributed by atoms with Gasteiger partial charge >= 0.3 is 0 Å². The van der Waals surface area contributed by atoms with Gasteiger partial charge in [-0.05, 0) is 42.5 Å². The van der Waals surface area contributed by atoms with Crippen molar-refractivity contribution in [2.24, 2.45) is 0 Å². The molecule has 3 heterocycles. The van der Waals surface area contributed by atoms with Crippen LogP contribution in [0, 0.1) is 0 Å². The van der Waals surface area contributed by atoms with Crippen molar-refractivity contribution >= 4 is 38.1 Å². The van der Waals surface area contributed by atoms with Crippen LogP contribution in [0.15, 0.2) is 35.7 Å². The Bertz CT molecular complexity index is 1110. The van der Waals surface area contributed by atoms with E-state index in [2.05, 4.69) is 16.4 Å². The third kappa shape index (κ3) is 3.51. The summed E-state index contributed by atoms with van der Waals surface area (Å²) in [4.78, 5) is 20.8. The van der Waals surface area contributed by atoms with Crippen LogP contribution >= 0.6 is 11.3 Å². The van der Waals surface area contributed by atoms with Gasteiger partial charge < -0.3 is 9.47 Å². The molecule has 4 rings (SSSR count). The Kier molecular flexibility index (Phi) is 4.55. The van der Waals surface area contributed by atoms with Crippen molar-refractivity contribution in [3.05, 3.63) is 52.0 Å². The second-order valence-corrected chi connectivity index (χ2v) is 10.1. The van der Waals surface area contributed by atoms with Gasteiger partial charge in [-0.3, -0.25) is 4.79 Å². The smallest absolute Gasteiger partial charge is 0.243 e. The molecule has 1 amide bonds. The summed E-state index contributed by atoms with van der Waals surface area (Å²) >= 11 is 1.74. The van der Waals surface area contributed by atoms with Crippen LogP contribution in [-0.4, -0.2) is 41.6 Å². The Hall–Kier alpha value is -2.19. The van der Waals surface area contributed by atoms with Gasteiger partial charge in [0, 0.05) is 17.7 Å². The number of carbonyl (C=O) groups excluding carboxylic acids is 1. The van der Waals surface area contributed by atoms with Crippen LogP contribution < -0.4 is 0 Å². The number of benzene rings is 1. The quantitative estimate of drug-likeness (QED) is 0.672. The molecule has 27 heavy (non-hydrogen) atoms. The molecule has 0 bridgehead atoms. The molecule has 0 spiro atoms. The topological polar surface area (TPSA) is 72.3 Å². The van der Waals surface area contributed by atoms with E-state index in [0.717, 1.165) is 11.9 Å². The molecule has 2 aromatic heterocycles. The summed E-state index contributed by atoms with van der Waals surface area (Å²) in [7, 11) is -3.26. The van der Waals surface area contributed by atoms with Gasteiger partial charge in [0.25, 0.3) is 0 Å². The molecule has 1 aliphatic heterocycles. The van der Waals surface area contributed by atoms with E-state index in [1.165, 1.54) is 16.7 Å².